The average Bonchev–Trinajstić information content (AvgIpc) is 3.04. The van der Waals surface area contributed by atoms with Gasteiger partial charge in [-0.2, -0.15) is 0 Å². The van der Waals surface area contributed by atoms with Crippen LogP contribution in [0.3, 0.4) is 0 Å². The Kier molecular flexibility index (Phi) is 5.48. The molecule has 0 spiro atoms. The van der Waals surface area contributed by atoms with Gasteiger partial charge in [-0.3, -0.25) is 9.69 Å². The number of amides is 1. The standard InChI is InChI=1S/C18H24N4O2/c1-16-19-7-8-21(16)12-9-20-10-13-22(14-11-20)18(23)15-24-17-5-3-2-4-6-17/h2-8H,9-15H2,1H3. The summed E-state index contributed by atoms with van der Waals surface area (Å²) in [6.07, 6.45) is 3.84. The summed E-state index contributed by atoms with van der Waals surface area (Å²) in [6, 6.07) is 9.47. The van der Waals surface area contributed by atoms with Gasteiger partial charge in [0.2, 0.25) is 0 Å². The van der Waals surface area contributed by atoms with Gasteiger partial charge < -0.3 is 14.2 Å². The normalized spacial score (nSPS) is 15.5. The van der Waals surface area contributed by atoms with Gasteiger partial charge >= 0.3 is 0 Å². The summed E-state index contributed by atoms with van der Waals surface area (Å²) in [6.45, 7) is 7.40. The number of rotatable bonds is 6. The molecule has 6 nitrogen and oxygen atoms in total. The molecule has 0 radical (unpaired) electrons. The molecule has 2 heterocycles. The van der Waals surface area contributed by atoms with E-state index < -0.39 is 0 Å². The molecule has 128 valence electrons. The highest BCUT2D eigenvalue weighted by Crippen LogP contribution is 2.09. The van der Waals surface area contributed by atoms with Crippen LogP contribution in [0.15, 0.2) is 42.7 Å². The smallest absolute Gasteiger partial charge is 0.260 e. The Bertz CT molecular complexity index is 648. The Morgan fingerprint density at radius 2 is 1.88 bits per heavy atom. The Morgan fingerprint density at radius 1 is 1.12 bits per heavy atom. The molecule has 2 aromatic rings. The van der Waals surface area contributed by atoms with Gasteiger partial charge in [0.15, 0.2) is 6.61 Å². The maximum Gasteiger partial charge on any atom is 0.260 e. The number of carbonyl (C=O) groups excluding carboxylic acids is 1. The van der Waals surface area contributed by atoms with E-state index in [0.29, 0.717) is 0 Å². The number of imidazole rings is 1. The maximum absolute atomic E-state index is 12.2. The van der Waals surface area contributed by atoms with Gasteiger partial charge in [-0.15, -0.1) is 0 Å². The van der Waals surface area contributed by atoms with Crippen molar-refractivity contribution >= 4 is 5.91 Å². The van der Waals surface area contributed by atoms with E-state index in [-0.39, 0.29) is 12.5 Å². The highest BCUT2D eigenvalue weighted by molar-refractivity contribution is 5.77. The SMILES string of the molecule is Cc1nccn1CCN1CCN(C(=O)COc2ccccc2)CC1. The fourth-order valence-corrected chi connectivity index (χ4v) is 2.86. The van der Waals surface area contributed by atoms with Crippen LogP contribution in [0.2, 0.25) is 0 Å². The van der Waals surface area contributed by atoms with Gasteiger partial charge in [0.1, 0.15) is 11.6 Å². The molecule has 1 aliphatic heterocycles. The second kappa shape index (κ2) is 7.97. The summed E-state index contributed by atoms with van der Waals surface area (Å²) < 4.78 is 7.70. The van der Waals surface area contributed by atoms with Crippen LogP contribution in [0, 0.1) is 6.92 Å². The minimum atomic E-state index is 0.0592. The summed E-state index contributed by atoms with van der Waals surface area (Å²) in [5.74, 6) is 1.84. The summed E-state index contributed by atoms with van der Waals surface area (Å²) in [5.41, 5.74) is 0. The number of ether oxygens (including phenoxy) is 1. The first-order chi connectivity index (χ1) is 11.7. The van der Waals surface area contributed by atoms with Crippen molar-refractivity contribution in [1.29, 1.82) is 0 Å². The highest BCUT2D eigenvalue weighted by Gasteiger charge is 2.21. The topological polar surface area (TPSA) is 50.6 Å². The predicted octanol–water partition coefficient (Wildman–Crippen LogP) is 1.41. The third-order valence-electron chi connectivity index (χ3n) is 4.41. The van der Waals surface area contributed by atoms with E-state index in [1.165, 1.54) is 0 Å². The number of piperazine rings is 1. The number of aryl methyl sites for hydroxylation is 1. The Labute approximate surface area is 142 Å². The molecule has 1 aromatic carbocycles. The second-order valence-electron chi connectivity index (χ2n) is 5.99. The first kappa shape index (κ1) is 16.5. The van der Waals surface area contributed by atoms with Gasteiger partial charge in [-0.1, -0.05) is 18.2 Å². The van der Waals surface area contributed by atoms with E-state index in [1.54, 1.807) is 0 Å². The van der Waals surface area contributed by atoms with Crippen LogP contribution in [0.4, 0.5) is 0 Å². The van der Waals surface area contributed by atoms with Crippen molar-refractivity contribution in [3.63, 3.8) is 0 Å². The molecule has 3 rings (SSSR count). The van der Waals surface area contributed by atoms with Crippen LogP contribution < -0.4 is 4.74 Å². The minimum absolute atomic E-state index is 0.0592. The maximum atomic E-state index is 12.2. The number of hydrogen-bond donors (Lipinski definition) is 0. The van der Waals surface area contributed by atoms with Crippen LogP contribution >= 0.6 is 0 Å². The fraction of sp³-hybridized carbons (Fsp3) is 0.444. The van der Waals surface area contributed by atoms with Crippen molar-refractivity contribution in [2.75, 3.05) is 39.3 Å². The van der Waals surface area contributed by atoms with Crippen LogP contribution in [-0.2, 0) is 11.3 Å². The molecule has 1 saturated heterocycles. The highest BCUT2D eigenvalue weighted by atomic mass is 16.5. The largest absolute Gasteiger partial charge is 0.484 e. The molecule has 0 bridgehead atoms. The fourth-order valence-electron chi connectivity index (χ4n) is 2.86. The Morgan fingerprint density at radius 3 is 2.54 bits per heavy atom. The first-order valence-electron chi connectivity index (χ1n) is 8.38. The zero-order valence-corrected chi connectivity index (χ0v) is 14.1. The summed E-state index contributed by atoms with van der Waals surface area (Å²) in [7, 11) is 0. The number of benzene rings is 1. The van der Waals surface area contributed by atoms with Crippen LogP contribution in [0.1, 0.15) is 5.82 Å². The van der Waals surface area contributed by atoms with E-state index in [9.17, 15) is 4.79 Å². The number of carbonyl (C=O) groups is 1. The Hall–Kier alpha value is -2.34. The molecule has 0 unspecified atom stereocenters. The molecular weight excluding hydrogens is 304 g/mol. The number of aromatic nitrogens is 2. The molecule has 0 saturated carbocycles. The van der Waals surface area contributed by atoms with Gasteiger partial charge in [-0.25, -0.2) is 4.98 Å². The third kappa shape index (κ3) is 4.35. The van der Waals surface area contributed by atoms with Gasteiger partial charge in [-0.05, 0) is 19.1 Å². The number of hydrogen-bond acceptors (Lipinski definition) is 4. The lowest BCUT2D eigenvalue weighted by Crippen LogP contribution is -2.50. The molecule has 24 heavy (non-hydrogen) atoms. The molecule has 1 amide bonds. The van der Waals surface area contributed by atoms with Crippen LogP contribution in [0.25, 0.3) is 0 Å². The molecule has 0 atom stereocenters. The van der Waals surface area contributed by atoms with Crippen molar-refractivity contribution in [3.05, 3.63) is 48.5 Å². The molecule has 1 aliphatic rings. The average molecular weight is 328 g/mol. The van der Waals surface area contributed by atoms with Crippen molar-refractivity contribution < 1.29 is 9.53 Å². The quantitative estimate of drug-likeness (QED) is 0.805. The number of nitrogens with zero attached hydrogens (tertiary/aromatic N) is 4. The van der Waals surface area contributed by atoms with E-state index in [0.717, 1.165) is 50.8 Å². The second-order valence-corrected chi connectivity index (χ2v) is 5.99. The number of para-hydroxylation sites is 1. The molecule has 6 heteroatoms. The van der Waals surface area contributed by atoms with E-state index in [4.69, 9.17) is 4.74 Å². The molecule has 1 aromatic heterocycles. The van der Waals surface area contributed by atoms with E-state index >= 15 is 0 Å². The summed E-state index contributed by atoms with van der Waals surface area (Å²) in [5, 5.41) is 0. The lowest BCUT2D eigenvalue weighted by Gasteiger charge is -2.34. The van der Waals surface area contributed by atoms with Crippen molar-refractivity contribution in [2.45, 2.75) is 13.5 Å². The van der Waals surface area contributed by atoms with E-state index in [1.807, 2.05) is 54.5 Å². The zero-order chi connectivity index (χ0) is 16.8. The van der Waals surface area contributed by atoms with Gasteiger partial charge in [0.25, 0.3) is 5.91 Å². The van der Waals surface area contributed by atoms with Crippen LogP contribution in [0.5, 0.6) is 5.75 Å². The minimum Gasteiger partial charge on any atom is -0.484 e. The van der Waals surface area contributed by atoms with Crippen molar-refractivity contribution in [3.8, 4) is 5.75 Å². The third-order valence-corrected chi connectivity index (χ3v) is 4.41. The molecular formula is C18H24N4O2. The van der Waals surface area contributed by atoms with Gasteiger partial charge in [0.05, 0.1) is 0 Å². The lowest BCUT2D eigenvalue weighted by atomic mass is 10.3. The van der Waals surface area contributed by atoms with Crippen molar-refractivity contribution in [2.24, 2.45) is 0 Å². The lowest BCUT2D eigenvalue weighted by molar-refractivity contribution is -0.135. The summed E-state index contributed by atoms with van der Waals surface area (Å²) >= 11 is 0. The monoisotopic (exact) mass is 328 g/mol. The first-order valence-corrected chi connectivity index (χ1v) is 8.38. The van der Waals surface area contributed by atoms with Gasteiger partial charge in [0, 0.05) is 51.7 Å². The molecule has 0 N–H and O–H groups in total. The van der Waals surface area contributed by atoms with E-state index in [2.05, 4.69) is 14.5 Å². The summed E-state index contributed by atoms with van der Waals surface area (Å²) in [4.78, 5) is 20.8. The van der Waals surface area contributed by atoms with Crippen molar-refractivity contribution in [1.82, 2.24) is 19.4 Å². The molecule has 1 fully saturated rings. The predicted molar refractivity (Wildman–Crippen MR) is 91.9 cm³/mol. The van der Waals surface area contributed by atoms with Crippen LogP contribution in [-0.4, -0.2) is 64.6 Å². The zero-order valence-electron chi connectivity index (χ0n) is 14.1. The molecule has 0 aliphatic carbocycles. The Balaban J connectivity index is 1.38.